The Hall–Kier alpha value is -2.08. The number of amides is 2. The summed E-state index contributed by atoms with van der Waals surface area (Å²) in [4.78, 5) is 36.4. The highest BCUT2D eigenvalue weighted by Gasteiger charge is 2.36. The second-order valence-electron chi connectivity index (χ2n) is 5.25. The Kier molecular flexibility index (Phi) is 5.03. The minimum atomic E-state index is -1.000. The molecule has 2 amide bonds. The summed E-state index contributed by atoms with van der Waals surface area (Å²) in [7, 11) is 0. The van der Waals surface area contributed by atoms with E-state index in [2.05, 4.69) is 0 Å². The van der Waals surface area contributed by atoms with E-state index in [-0.39, 0.29) is 18.9 Å². The van der Waals surface area contributed by atoms with E-state index >= 15 is 0 Å². The third-order valence-corrected chi connectivity index (χ3v) is 3.93. The van der Waals surface area contributed by atoms with Gasteiger partial charge in [0.25, 0.3) is 5.91 Å². The summed E-state index contributed by atoms with van der Waals surface area (Å²) >= 11 is 6.07. The highest BCUT2D eigenvalue weighted by Crippen LogP contribution is 2.24. The van der Waals surface area contributed by atoms with Gasteiger partial charge in [-0.1, -0.05) is 29.8 Å². The van der Waals surface area contributed by atoms with Crippen LogP contribution in [-0.2, 0) is 25.7 Å². The van der Waals surface area contributed by atoms with E-state index in [4.69, 9.17) is 22.1 Å². The molecule has 0 aromatic heterocycles. The summed E-state index contributed by atoms with van der Waals surface area (Å²) in [5.74, 6) is -2.03. The van der Waals surface area contributed by atoms with Crippen LogP contribution in [0, 0.1) is 5.92 Å². The monoisotopic (exact) mass is 324 g/mol. The van der Waals surface area contributed by atoms with Crippen LogP contribution < -0.4 is 5.73 Å². The SMILES string of the molecule is C[C@@H](OC(=O)[C@H]1CC(=O)N(Cc2ccccc2Cl)C1)C(N)=O. The summed E-state index contributed by atoms with van der Waals surface area (Å²) < 4.78 is 4.95. The first-order valence-corrected chi connectivity index (χ1v) is 7.27. The van der Waals surface area contributed by atoms with Gasteiger partial charge in [-0.05, 0) is 18.6 Å². The summed E-state index contributed by atoms with van der Waals surface area (Å²) in [6.07, 6.45) is -0.936. The number of esters is 1. The zero-order chi connectivity index (χ0) is 16.3. The number of benzene rings is 1. The molecule has 118 valence electrons. The van der Waals surface area contributed by atoms with Gasteiger partial charge >= 0.3 is 5.97 Å². The first-order valence-electron chi connectivity index (χ1n) is 6.89. The number of primary amides is 1. The fourth-order valence-electron chi connectivity index (χ4n) is 2.24. The molecule has 0 bridgehead atoms. The van der Waals surface area contributed by atoms with Crippen molar-refractivity contribution in [1.82, 2.24) is 4.90 Å². The second-order valence-corrected chi connectivity index (χ2v) is 5.66. The van der Waals surface area contributed by atoms with Crippen molar-refractivity contribution in [1.29, 1.82) is 0 Å². The van der Waals surface area contributed by atoms with E-state index in [9.17, 15) is 14.4 Å². The van der Waals surface area contributed by atoms with E-state index in [1.165, 1.54) is 6.92 Å². The van der Waals surface area contributed by atoms with Gasteiger partial charge in [0.15, 0.2) is 6.10 Å². The van der Waals surface area contributed by atoms with E-state index in [0.717, 1.165) is 5.56 Å². The molecule has 1 heterocycles. The van der Waals surface area contributed by atoms with Crippen molar-refractivity contribution in [3.05, 3.63) is 34.9 Å². The number of carbonyl (C=O) groups excluding carboxylic acids is 3. The highest BCUT2D eigenvalue weighted by atomic mass is 35.5. The number of likely N-dealkylation sites (tertiary alicyclic amines) is 1. The van der Waals surface area contributed by atoms with Gasteiger partial charge in [-0.3, -0.25) is 14.4 Å². The highest BCUT2D eigenvalue weighted by molar-refractivity contribution is 6.31. The predicted molar refractivity (Wildman–Crippen MR) is 79.7 cm³/mol. The van der Waals surface area contributed by atoms with Crippen molar-refractivity contribution >= 4 is 29.4 Å². The number of halogens is 1. The summed E-state index contributed by atoms with van der Waals surface area (Å²) in [5, 5.41) is 0.573. The standard InChI is InChI=1S/C15H17ClN2O4/c1-9(14(17)20)22-15(21)11-6-13(19)18(8-11)7-10-4-2-3-5-12(10)16/h2-5,9,11H,6-8H2,1H3,(H2,17,20)/t9-,11+/m1/s1. The van der Waals surface area contributed by atoms with E-state index < -0.39 is 23.9 Å². The number of carbonyl (C=O) groups is 3. The lowest BCUT2D eigenvalue weighted by molar-refractivity contribution is -0.157. The third-order valence-electron chi connectivity index (χ3n) is 3.56. The Morgan fingerprint density at radius 3 is 2.77 bits per heavy atom. The maximum absolute atomic E-state index is 12.0. The molecule has 0 radical (unpaired) electrons. The number of rotatable bonds is 5. The Morgan fingerprint density at radius 2 is 2.14 bits per heavy atom. The summed E-state index contributed by atoms with van der Waals surface area (Å²) in [6, 6.07) is 7.22. The van der Waals surface area contributed by atoms with Crippen molar-refractivity contribution in [2.75, 3.05) is 6.54 Å². The van der Waals surface area contributed by atoms with Gasteiger partial charge < -0.3 is 15.4 Å². The molecular weight excluding hydrogens is 308 g/mol. The van der Waals surface area contributed by atoms with Crippen LogP contribution in [0.5, 0.6) is 0 Å². The molecule has 0 aliphatic carbocycles. The Morgan fingerprint density at radius 1 is 1.45 bits per heavy atom. The number of nitrogens with two attached hydrogens (primary N) is 1. The molecule has 1 saturated heterocycles. The smallest absolute Gasteiger partial charge is 0.312 e. The molecule has 0 spiro atoms. The molecule has 0 saturated carbocycles. The molecule has 6 nitrogen and oxygen atoms in total. The lowest BCUT2D eigenvalue weighted by Crippen LogP contribution is -2.33. The normalized spacial score (nSPS) is 19.1. The number of nitrogens with zero attached hydrogens (tertiary/aromatic N) is 1. The van der Waals surface area contributed by atoms with Crippen LogP contribution >= 0.6 is 11.6 Å². The first-order chi connectivity index (χ1) is 10.4. The lowest BCUT2D eigenvalue weighted by Gasteiger charge is -2.17. The number of hydrogen-bond donors (Lipinski definition) is 1. The van der Waals surface area contributed by atoms with Gasteiger partial charge in [0.1, 0.15) is 0 Å². The molecule has 7 heteroatoms. The maximum Gasteiger partial charge on any atom is 0.312 e. The first kappa shape index (κ1) is 16.3. The minimum Gasteiger partial charge on any atom is -0.452 e. The van der Waals surface area contributed by atoms with Crippen molar-refractivity contribution in [2.24, 2.45) is 11.7 Å². The van der Waals surface area contributed by atoms with Crippen molar-refractivity contribution in [2.45, 2.75) is 26.0 Å². The predicted octanol–water partition coefficient (Wildman–Crippen LogP) is 1.11. The van der Waals surface area contributed by atoms with Crippen LogP contribution in [0.4, 0.5) is 0 Å². The molecular formula is C15H17ClN2O4. The van der Waals surface area contributed by atoms with Crippen LogP contribution in [0.2, 0.25) is 5.02 Å². The molecule has 0 unspecified atom stereocenters. The molecule has 2 atom stereocenters. The minimum absolute atomic E-state index is 0.0643. The zero-order valence-electron chi connectivity index (χ0n) is 12.1. The fraction of sp³-hybridized carbons (Fsp3) is 0.400. The van der Waals surface area contributed by atoms with Gasteiger partial charge in [-0.15, -0.1) is 0 Å². The summed E-state index contributed by atoms with van der Waals surface area (Å²) in [6.45, 7) is 1.99. The van der Waals surface area contributed by atoms with Crippen LogP contribution in [0.15, 0.2) is 24.3 Å². The van der Waals surface area contributed by atoms with Gasteiger partial charge in [0.05, 0.1) is 5.92 Å². The average Bonchev–Trinajstić information content (AvgIpc) is 2.82. The third kappa shape index (κ3) is 3.76. The Labute approximate surface area is 133 Å². The number of ether oxygens (including phenoxy) is 1. The van der Waals surface area contributed by atoms with Crippen molar-refractivity contribution < 1.29 is 19.1 Å². The molecule has 22 heavy (non-hydrogen) atoms. The topological polar surface area (TPSA) is 89.7 Å². The van der Waals surface area contributed by atoms with Gasteiger partial charge in [-0.2, -0.15) is 0 Å². The molecule has 2 rings (SSSR count). The number of hydrogen-bond acceptors (Lipinski definition) is 4. The maximum atomic E-state index is 12.0. The van der Waals surface area contributed by atoms with Crippen LogP contribution in [0.3, 0.4) is 0 Å². The quantitative estimate of drug-likeness (QED) is 0.821. The Balaban J connectivity index is 1.97. The molecule has 1 fully saturated rings. The average molecular weight is 325 g/mol. The van der Waals surface area contributed by atoms with Crippen LogP contribution in [0.25, 0.3) is 0 Å². The molecule has 2 N–H and O–H groups in total. The van der Waals surface area contributed by atoms with E-state index in [1.54, 1.807) is 11.0 Å². The van der Waals surface area contributed by atoms with Gasteiger partial charge in [0, 0.05) is 24.5 Å². The zero-order valence-corrected chi connectivity index (χ0v) is 12.9. The van der Waals surface area contributed by atoms with Crippen LogP contribution in [0.1, 0.15) is 18.9 Å². The lowest BCUT2D eigenvalue weighted by atomic mass is 10.1. The molecule has 1 aliphatic rings. The second kappa shape index (κ2) is 6.79. The van der Waals surface area contributed by atoms with Gasteiger partial charge in [-0.25, -0.2) is 0 Å². The van der Waals surface area contributed by atoms with Gasteiger partial charge in [0.2, 0.25) is 5.91 Å². The molecule has 1 aromatic carbocycles. The Bertz CT molecular complexity index is 605. The van der Waals surface area contributed by atoms with Crippen molar-refractivity contribution in [3.8, 4) is 0 Å². The molecule has 1 aliphatic heterocycles. The summed E-state index contributed by atoms with van der Waals surface area (Å²) in [5.41, 5.74) is 5.86. The van der Waals surface area contributed by atoms with E-state index in [0.29, 0.717) is 11.6 Å². The molecule has 1 aromatic rings. The fourth-order valence-corrected chi connectivity index (χ4v) is 2.44. The van der Waals surface area contributed by atoms with Crippen molar-refractivity contribution in [3.63, 3.8) is 0 Å². The largest absolute Gasteiger partial charge is 0.452 e. The van der Waals surface area contributed by atoms with E-state index in [1.807, 2.05) is 18.2 Å². The van der Waals surface area contributed by atoms with Crippen LogP contribution in [-0.4, -0.2) is 35.3 Å².